The Balaban J connectivity index is 2.55. The van der Waals surface area contributed by atoms with E-state index in [2.05, 4.69) is 37.6 Å². The van der Waals surface area contributed by atoms with Crippen molar-refractivity contribution >= 4 is 15.9 Å². The molecule has 0 saturated heterocycles. The predicted molar refractivity (Wildman–Crippen MR) is 73.8 cm³/mol. The minimum absolute atomic E-state index is 0.639. The molecule has 0 aliphatic carbocycles. The van der Waals surface area contributed by atoms with Crippen LogP contribution in [0.1, 0.15) is 11.5 Å². The van der Waals surface area contributed by atoms with Crippen LogP contribution in [-0.2, 0) is 13.5 Å². The summed E-state index contributed by atoms with van der Waals surface area (Å²) < 4.78 is 3.18. The zero-order chi connectivity index (χ0) is 12.4. The zero-order valence-corrected chi connectivity index (χ0v) is 11.7. The van der Waals surface area contributed by atoms with Gasteiger partial charge in [-0.1, -0.05) is 28.1 Å². The summed E-state index contributed by atoms with van der Waals surface area (Å²) in [6, 6.07) is 8.20. The van der Waals surface area contributed by atoms with Gasteiger partial charge in [-0.3, -0.25) is 0 Å². The van der Waals surface area contributed by atoms with Crippen molar-refractivity contribution < 1.29 is 0 Å². The maximum atomic E-state index is 5.67. The summed E-state index contributed by atoms with van der Waals surface area (Å²) in [5, 5.41) is 0. The van der Waals surface area contributed by atoms with Crippen LogP contribution in [0.25, 0.3) is 11.3 Å². The number of aryl methyl sites for hydroxylation is 1. The fraction of sp³-hybridized carbons (Fsp3) is 0.308. The molecule has 0 spiro atoms. The number of benzene rings is 1. The lowest BCUT2D eigenvalue weighted by atomic mass is 10.1. The SMILES string of the molecule is Cc1nc(-c2cccc(Br)c2)c(CCN)n1C. The minimum atomic E-state index is 0.639. The molecule has 90 valence electrons. The highest BCUT2D eigenvalue weighted by Gasteiger charge is 2.13. The monoisotopic (exact) mass is 293 g/mol. The largest absolute Gasteiger partial charge is 0.335 e. The Hall–Kier alpha value is -1.13. The number of halogens is 1. The van der Waals surface area contributed by atoms with E-state index >= 15 is 0 Å². The van der Waals surface area contributed by atoms with Crippen molar-refractivity contribution in [1.82, 2.24) is 9.55 Å². The predicted octanol–water partition coefficient (Wildman–Crippen LogP) is 2.66. The van der Waals surface area contributed by atoms with Gasteiger partial charge < -0.3 is 10.3 Å². The van der Waals surface area contributed by atoms with Crippen LogP contribution in [-0.4, -0.2) is 16.1 Å². The quantitative estimate of drug-likeness (QED) is 0.945. The molecule has 2 rings (SSSR count). The molecule has 2 aromatic rings. The normalized spacial score (nSPS) is 10.8. The summed E-state index contributed by atoms with van der Waals surface area (Å²) in [7, 11) is 2.04. The van der Waals surface area contributed by atoms with Gasteiger partial charge in [-0.05, 0) is 25.6 Å². The number of nitrogens with two attached hydrogens (primary N) is 1. The third-order valence-corrected chi connectivity index (χ3v) is 3.41. The van der Waals surface area contributed by atoms with Crippen molar-refractivity contribution in [3.8, 4) is 11.3 Å². The number of nitrogens with zero attached hydrogens (tertiary/aromatic N) is 2. The standard InChI is InChI=1S/C13H16BrN3/c1-9-16-13(12(6-7-15)17(9)2)10-4-3-5-11(14)8-10/h3-5,8H,6-7,15H2,1-2H3. The molecule has 4 heteroatoms. The van der Waals surface area contributed by atoms with Crippen LogP contribution >= 0.6 is 15.9 Å². The molecule has 0 radical (unpaired) electrons. The van der Waals surface area contributed by atoms with Gasteiger partial charge in [0.05, 0.1) is 5.69 Å². The molecule has 0 bridgehead atoms. The van der Waals surface area contributed by atoms with Crippen LogP contribution in [0.2, 0.25) is 0 Å². The maximum absolute atomic E-state index is 5.67. The fourth-order valence-corrected chi connectivity index (χ4v) is 2.34. The molecule has 17 heavy (non-hydrogen) atoms. The average Bonchev–Trinajstić information content (AvgIpc) is 2.58. The van der Waals surface area contributed by atoms with Gasteiger partial charge in [0.15, 0.2) is 0 Å². The highest BCUT2D eigenvalue weighted by Crippen LogP contribution is 2.26. The van der Waals surface area contributed by atoms with Crippen molar-refractivity contribution in [2.45, 2.75) is 13.3 Å². The molecule has 1 aromatic carbocycles. The first kappa shape index (κ1) is 12.3. The molecular weight excluding hydrogens is 278 g/mol. The Bertz CT molecular complexity index is 531. The van der Waals surface area contributed by atoms with Crippen LogP contribution < -0.4 is 5.73 Å². The van der Waals surface area contributed by atoms with E-state index < -0.39 is 0 Å². The van der Waals surface area contributed by atoms with Crippen LogP contribution in [0.3, 0.4) is 0 Å². The van der Waals surface area contributed by atoms with Gasteiger partial charge in [0.25, 0.3) is 0 Å². The third kappa shape index (κ3) is 2.42. The Labute approximate surface area is 110 Å². The lowest BCUT2D eigenvalue weighted by Gasteiger charge is -2.05. The second-order valence-electron chi connectivity index (χ2n) is 4.06. The lowest BCUT2D eigenvalue weighted by molar-refractivity contribution is 0.778. The van der Waals surface area contributed by atoms with Gasteiger partial charge in [0, 0.05) is 29.2 Å². The molecule has 0 fully saturated rings. The van der Waals surface area contributed by atoms with Gasteiger partial charge in [-0.15, -0.1) is 0 Å². The van der Waals surface area contributed by atoms with Crippen LogP contribution in [0.5, 0.6) is 0 Å². The third-order valence-electron chi connectivity index (χ3n) is 2.92. The molecule has 1 aromatic heterocycles. The smallest absolute Gasteiger partial charge is 0.106 e. The molecule has 0 amide bonds. The topological polar surface area (TPSA) is 43.8 Å². The molecule has 3 nitrogen and oxygen atoms in total. The number of aromatic nitrogens is 2. The van der Waals surface area contributed by atoms with E-state index in [4.69, 9.17) is 5.73 Å². The second-order valence-corrected chi connectivity index (χ2v) is 4.98. The van der Waals surface area contributed by atoms with E-state index in [-0.39, 0.29) is 0 Å². The molecule has 0 unspecified atom stereocenters. The zero-order valence-electron chi connectivity index (χ0n) is 10.1. The minimum Gasteiger partial charge on any atom is -0.335 e. The Morgan fingerprint density at radius 2 is 2.18 bits per heavy atom. The van der Waals surface area contributed by atoms with Gasteiger partial charge in [0.1, 0.15) is 5.82 Å². The highest BCUT2D eigenvalue weighted by atomic mass is 79.9. The van der Waals surface area contributed by atoms with Crippen LogP contribution in [0.4, 0.5) is 0 Å². The summed E-state index contributed by atoms with van der Waals surface area (Å²) >= 11 is 3.49. The van der Waals surface area contributed by atoms with Crippen molar-refractivity contribution in [2.75, 3.05) is 6.54 Å². The average molecular weight is 294 g/mol. The molecule has 2 N–H and O–H groups in total. The number of imidazole rings is 1. The van der Waals surface area contributed by atoms with Crippen molar-refractivity contribution in [3.05, 3.63) is 40.3 Å². The lowest BCUT2D eigenvalue weighted by Crippen LogP contribution is -2.08. The van der Waals surface area contributed by atoms with Crippen molar-refractivity contribution in [3.63, 3.8) is 0 Å². The number of hydrogen-bond acceptors (Lipinski definition) is 2. The van der Waals surface area contributed by atoms with E-state index in [1.807, 2.05) is 26.1 Å². The number of hydrogen-bond donors (Lipinski definition) is 1. The first-order chi connectivity index (χ1) is 8.13. The number of rotatable bonds is 3. The molecule has 0 atom stereocenters. The van der Waals surface area contributed by atoms with Gasteiger partial charge in [0.2, 0.25) is 0 Å². The summed E-state index contributed by atoms with van der Waals surface area (Å²) in [5.74, 6) is 1.02. The summed E-state index contributed by atoms with van der Waals surface area (Å²) in [6.07, 6.45) is 0.846. The second kappa shape index (κ2) is 5.02. The molecular formula is C13H16BrN3. The van der Waals surface area contributed by atoms with E-state index in [1.165, 1.54) is 5.69 Å². The van der Waals surface area contributed by atoms with Crippen molar-refractivity contribution in [2.24, 2.45) is 12.8 Å². The Morgan fingerprint density at radius 1 is 1.41 bits per heavy atom. The first-order valence-corrected chi connectivity index (χ1v) is 6.41. The highest BCUT2D eigenvalue weighted by molar-refractivity contribution is 9.10. The van der Waals surface area contributed by atoms with E-state index in [1.54, 1.807) is 0 Å². The Morgan fingerprint density at radius 3 is 2.82 bits per heavy atom. The first-order valence-electron chi connectivity index (χ1n) is 5.61. The van der Waals surface area contributed by atoms with E-state index in [0.717, 1.165) is 28.0 Å². The van der Waals surface area contributed by atoms with E-state index in [0.29, 0.717) is 6.54 Å². The van der Waals surface area contributed by atoms with Gasteiger partial charge in [-0.2, -0.15) is 0 Å². The van der Waals surface area contributed by atoms with Crippen molar-refractivity contribution in [1.29, 1.82) is 0 Å². The summed E-state index contributed by atoms with van der Waals surface area (Å²) in [5.41, 5.74) is 9.03. The Kier molecular flexibility index (Phi) is 3.64. The molecule has 0 saturated carbocycles. The van der Waals surface area contributed by atoms with Gasteiger partial charge in [-0.25, -0.2) is 4.98 Å². The summed E-state index contributed by atoms with van der Waals surface area (Å²) in [6.45, 7) is 2.65. The van der Waals surface area contributed by atoms with Crippen LogP contribution in [0.15, 0.2) is 28.7 Å². The van der Waals surface area contributed by atoms with E-state index in [9.17, 15) is 0 Å². The molecule has 0 aliphatic heterocycles. The molecule has 0 aliphatic rings. The maximum Gasteiger partial charge on any atom is 0.106 e. The summed E-state index contributed by atoms with van der Waals surface area (Å²) in [4.78, 5) is 4.63. The fourth-order valence-electron chi connectivity index (χ4n) is 1.95. The van der Waals surface area contributed by atoms with Gasteiger partial charge >= 0.3 is 0 Å². The van der Waals surface area contributed by atoms with Crippen LogP contribution in [0, 0.1) is 6.92 Å². The molecule has 1 heterocycles.